The van der Waals surface area contributed by atoms with Crippen LogP contribution in [0.1, 0.15) is 0 Å². The summed E-state index contributed by atoms with van der Waals surface area (Å²) in [7, 11) is 0. The molecule has 214 valence electrons. The molecule has 0 unspecified atom stereocenters. The predicted octanol–water partition coefficient (Wildman–Crippen LogP) is 13.3. The van der Waals surface area contributed by atoms with Gasteiger partial charge in [0.1, 0.15) is 11.2 Å². The normalized spacial score (nSPS) is 11.9. The third kappa shape index (κ3) is 3.74. The van der Waals surface area contributed by atoms with E-state index < -0.39 is 0 Å². The largest absolute Gasteiger partial charge is 0.456 e. The van der Waals surface area contributed by atoms with Gasteiger partial charge in [-0.1, -0.05) is 121 Å². The van der Waals surface area contributed by atoms with Crippen molar-refractivity contribution in [1.82, 2.24) is 0 Å². The summed E-state index contributed by atoms with van der Waals surface area (Å²) in [5, 5.41) is 9.98. The van der Waals surface area contributed by atoms with Gasteiger partial charge in [-0.2, -0.15) is 0 Å². The Morgan fingerprint density at radius 3 is 1.74 bits per heavy atom. The van der Waals surface area contributed by atoms with Crippen molar-refractivity contribution < 1.29 is 4.42 Å². The molecular weight excluding hydrogens is 577 g/mol. The van der Waals surface area contributed by atoms with Crippen LogP contribution in [0.25, 0.3) is 97.0 Å². The van der Waals surface area contributed by atoms with Crippen molar-refractivity contribution in [1.29, 1.82) is 0 Å². The van der Waals surface area contributed by atoms with Crippen LogP contribution in [0.2, 0.25) is 0 Å². The van der Waals surface area contributed by atoms with Crippen molar-refractivity contribution in [3.63, 3.8) is 0 Å². The van der Waals surface area contributed by atoms with E-state index >= 15 is 0 Å². The lowest BCUT2D eigenvalue weighted by Gasteiger charge is -2.18. The fraction of sp³-hybridized carbons (Fsp3) is 0. The van der Waals surface area contributed by atoms with E-state index in [9.17, 15) is 0 Å². The summed E-state index contributed by atoms with van der Waals surface area (Å²) in [6.45, 7) is 0. The lowest BCUT2D eigenvalue weighted by Crippen LogP contribution is -1.91. The standard InChI is InChI=1S/C44H26OS/c1-2-11-27(12-3-1)28-21-23-30-37-25-29(22-24-38(37)45-39(30)26-28)42-31-13-4-6-15-33(31)43(34-16-7-5-14-32(34)42)36-18-10-20-41-44(36)35-17-8-9-19-40(35)46-41/h1-26H. The zero-order valence-corrected chi connectivity index (χ0v) is 25.6. The lowest BCUT2D eigenvalue weighted by atomic mass is 9.85. The average Bonchev–Trinajstić information content (AvgIpc) is 3.68. The summed E-state index contributed by atoms with van der Waals surface area (Å²) in [4.78, 5) is 0. The molecule has 0 aliphatic carbocycles. The Bertz CT molecular complexity index is 2740. The molecule has 0 aliphatic heterocycles. The maximum Gasteiger partial charge on any atom is 0.136 e. The topological polar surface area (TPSA) is 13.1 Å². The number of hydrogen-bond donors (Lipinski definition) is 0. The second kappa shape index (κ2) is 9.90. The Morgan fingerprint density at radius 2 is 0.978 bits per heavy atom. The maximum absolute atomic E-state index is 6.43. The molecule has 10 rings (SSSR count). The second-order valence-corrected chi connectivity index (χ2v) is 13.1. The van der Waals surface area contributed by atoms with Gasteiger partial charge in [0.25, 0.3) is 0 Å². The minimum Gasteiger partial charge on any atom is -0.456 e. The highest BCUT2D eigenvalue weighted by Crippen LogP contribution is 2.48. The molecule has 46 heavy (non-hydrogen) atoms. The van der Waals surface area contributed by atoms with Gasteiger partial charge in [0.05, 0.1) is 0 Å². The first kappa shape index (κ1) is 25.6. The van der Waals surface area contributed by atoms with Crippen LogP contribution < -0.4 is 0 Å². The molecule has 0 atom stereocenters. The van der Waals surface area contributed by atoms with Crippen LogP contribution in [0.5, 0.6) is 0 Å². The van der Waals surface area contributed by atoms with Crippen molar-refractivity contribution in [2.24, 2.45) is 0 Å². The van der Waals surface area contributed by atoms with E-state index in [1.807, 2.05) is 11.3 Å². The van der Waals surface area contributed by atoms with E-state index in [0.717, 1.165) is 27.5 Å². The van der Waals surface area contributed by atoms with Crippen molar-refractivity contribution in [2.75, 3.05) is 0 Å². The van der Waals surface area contributed by atoms with Crippen molar-refractivity contribution in [3.8, 4) is 33.4 Å². The molecule has 2 heterocycles. The van der Waals surface area contributed by atoms with Gasteiger partial charge in [0.2, 0.25) is 0 Å². The molecule has 1 nitrogen and oxygen atoms in total. The highest BCUT2D eigenvalue weighted by Gasteiger charge is 2.20. The van der Waals surface area contributed by atoms with Gasteiger partial charge in [-0.25, -0.2) is 0 Å². The van der Waals surface area contributed by atoms with Gasteiger partial charge in [0.15, 0.2) is 0 Å². The van der Waals surface area contributed by atoms with Crippen molar-refractivity contribution in [3.05, 3.63) is 158 Å². The molecule has 0 spiro atoms. The SMILES string of the molecule is c1ccc(-c2ccc3c(c2)oc2ccc(-c4c5ccccc5c(-c5cccc6sc7ccccc7c56)c5ccccc45)cc23)cc1. The van der Waals surface area contributed by atoms with Gasteiger partial charge in [-0.05, 0) is 91.3 Å². The summed E-state index contributed by atoms with van der Waals surface area (Å²) < 4.78 is 9.08. The summed E-state index contributed by atoms with van der Waals surface area (Å²) in [5.41, 5.74) is 9.21. The Labute approximate surface area is 269 Å². The monoisotopic (exact) mass is 602 g/mol. The molecule has 0 amide bonds. The quantitative estimate of drug-likeness (QED) is 0.183. The molecule has 2 aromatic heterocycles. The minimum absolute atomic E-state index is 0.908. The molecule has 0 aliphatic rings. The average molecular weight is 603 g/mol. The van der Waals surface area contributed by atoms with Crippen LogP contribution in [-0.4, -0.2) is 0 Å². The predicted molar refractivity (Wildman–Crippen MR) is 198 cm³/mol. The fourth-order valence-corrected chi connectivity index (χ4v) is 8.59. The van der Waals surface area contributed by atoms with Crippen LogP contribution in [0, 0.1) is 0 Å². The van der Waals surface area contributed by atoms with Gasteiger partial charge < -0.3 is 4.42 Å². The van der Waals surface area contributed by atoms with Crippen LogP contribution >= 0.6 is 11.3 Å². The van der Waals surface area contributed by atoms with Crippen LogP contribution in [-0.2, 0) is 0 Å². The van der Waals surface area contributed by atoms with E-state index in [1.54, 1.807) is 0 Å². The fourth-order valence-electron chi connectivity index (χ4n) is 7.46. The smallest absolute Gasteiger partial charge is 0.136 e. The Morgan fingerprint density at radius 1 is 0.348 bits per heavy atom. The molecule has 0 N–H and O–H groups in total. The molecule has 0 saturated carbocycles. The Kier molecular flexibility index (Phi) is 5.51. The van der Waals surface area contributed by atoms with Gasteiger partial charge >= 0.3 is 0 Å². The first-order valence-corrected chi connectivity index (χ1v) is 16.5. The molecule has 10 aromatic rings. The first-order valence-electron chi connectivity index (χ1n) is 15.7. The minimum atomic E-state index is 0.908. The summed E-state index contributed by atoms with van der Waals surface area (Å²) in [6.07, 6.45) is 0. The highest BCUT2D eigenvalue weighted by atomic mass is 32.1. The number of benzene rings is 8. The Balaban J connectivity index is 1.25. The van der Waals surface area contributed by atoms with Crippen molar-refractivity contribution in [2.45, 2.75) is 0 Å². The molecule has 0 bridgehead atoms. The van der Waals surface area contributed by atoms with E-state index in [4.69, 9.17) is 4.42 Å². The molecule has 0 fully saturated rings. The van der Waals surface area contributed by atoms with Crippen molar-refractivity contribution >= 4 is 75.0 Å². The van der Waals surface area contributed by atoms with E-state index in [1.165, 1.54) is 69.5 Å². The van der Waals surface area contributed by atoms with Gasteiger partial charge in [0, 0.05) is 30.9 Å². The molecule has 2 heteroatoms. The number of furan rings is 1. The zero-order chi connectivity index (χ0) is 30.2. The number of fused-ring (bicyclic) bond motifs is 8. The highest BCUT2D eigenvalue weighted by molar-refractivity contribution is 7.25. The second-order valence-electron chi connectivity index (χ2n) is 12.0. The number of thiophene rings is 1. The summed E-state index contributed by atoms with van der Waals surface area (Å²) in [5.74, 6) is 0. The molecular formula is C44H26OS. The Hall–Kier alpha value is -5.70. The van der Waals surface area contributed by atoms with E-state index in [2.05, 4.69) is 158 Å². The number of hydrogen-bond acceptors (Lipinski definition) is 2. The zero-order valence-electron chi connectivity index (χ0n) is 24.8. The first-order chi connectivity index (χ1) is 22.8. The number of rotatable bonds is 3. The van der Waals surface area contributed by atoms with E-state index in [0.29, 0.717) is 0 Å². The molecule has 0 saturated heterocycles. The molecule has 0 radical (unpaired) electrons. The van der Waals surface area contributed by atoms with Gasteiger partial charge in [-0.3, -0.25) is 0 Å². The van der Waals surface area contributed by atoms with Crippen LogP contribution in [0.3, 0.4) is 0 Å². The molecule has 8 aromatic carbocycles. The summed E-state index contributed by atoms with van der Waals surface area (Å²) >= 11 is 1.87. The van der Waals surface area contributed by atoms with Crippen LogP contribution in [0.15, 0.2) is 162 Å². The third-order valence-electron chi connectivity index (χ3n) is 9.47. The van der Waals surface area contributed by atoms with Crippen LogP contribution in [0.4, 0.5) is 0 Å². The van der Waals surface area contributed by atoms with E-state index in [-0.39, 0.29) is 0 Å². The maximum atomic E-state index is 6.43. The third-order valence-corrected chi connectivity index (χ3v) is 10.6. The van der Waals surface area contributed by atoms with Gasteiger partial charge in [-0.15, -0.1) is 11.3 Å². The summed E-state index contributed by atoms with van der Waals surface area (Å²) in [6, 6.07) is 57.2. The lowest BCUT2D eigenvalue weighted by molar-refractivity contribution is 0.669.